The average Bonchev–Trinajstić information content (AvgIpc) is 2.56. The Morgan fingerprint density at radius 2 is 1.90 bits per heavy atom. The summed E-state index contributed by atoms with van der Waals surface area (Å²) in [5.41, 5.74) is 4.78. The zero-order chi connectivity index (χ0) is 14.7. The van der Waals surface area contributed by atoms with Gasteiger partial charge >= 0.3 is 0 Å². The normalized spacial score (nSPS) is 12.3. The topological polar surface area (TPSA) is 73.1 Å². The lowest BCUT2D eigenvalue weighted by atomic mass is 9.96. The largest absolute Gasteiger partial charge is 0.495 e. The van der Waals surface area contributed by atoms with Crippen LogP contribution in [0.5, 0.6) is 5.75 Å². The van der Waals surface area contributed by atoms with Crippen molar-refractivity contribution in [2.45, 2.75) is 6.04 Å². The maximum atomic E-state index is 5.80. The molecule has 2 aromatic heterocycles. The van der Waals surface area contributed by atoms with Gasteiger partial charge in [-0.2, -0.15) is 0 Å². The Morgan fingerprint density at radius 3 is 2.71 bits per heavy atom. The molecule has 0 bridgehead atoms. The second-order valence-corrected chi connectivity index (χ2v) is 4.67. The molecule has 0 spiro atoms. The predicted molar refractivity (Wildman–Crippen MR) is 81.7 cm³/mol. The van der Waals surface area contributed by atoms with Gasteiger partial charge in [-0.1, -0.05) is 24.3 Å². The standard InChI is InChI=1S/C16H16N4O/c1-21-15-10-18-7-6-13(15)16(20-17)14-9-19-8-11-4-2-3-5-12(11)14/h2-10,16,20H,17H2,1H3. The predicted octanol–water partition coefficient (Wildman–Crippen LogP) is 2.19. The van der Waals surface area contributed by atoms with Crippen LogP contribution in [0.2, 0.25) is 0 Å². The minimum Gasteiger partial charge on any atom is -0.495 e. The number of aromatic nitrogens is 2. The molecule has 0 aliphatic carbocycles. The van der Waals surface area contributed by atoms with Crippen molar-refractivity contribution in [3.05, 3.63) is 66.2 Å². The smallest absolute Gasteiger partial charge is 0.142 e. The summed E-state index contributed by atoms with van der Waals surface area (Å²) in [6.07, 6.45) is 7.07. The lowest BCUT2D eigenvalue weighted by Crippen LogP contribution is -2.29. The number of hydrogen-bond donors (Lipinski definition) is 2. The molecule has 0 aliphatic heterocycles. The highest BCUT2D eigenvalue weighted by Crippen LogP contribution is 2.32. The molecule has 0 amide bonds. The number of pyridine rings is 2. The fraction of sp³-hybridized carbons (Fsp3) is 0.125. The first kappa shape index (κ1) is 13.5. The molecule has 1 atom stereocenters. The molecule has 0 aliphatic rings. The second-order valence-electron chi connectivity index (χ2n) is 4.67. The van der Waals surface area contributed by atoms with Crippen LogP contribution in [0.4, 0.5) is 0 Å². The van der Waals surface area contributed by atoms with Crippen LogP contribution in [0.15, 0.2) is 55.1 Å². The summed E-state index contributed by atoms with van der Waals surface area (Å²) in [4.78, 5) is 8.39. The number of benzene rings is 1. The molecule has 3 N–H and O–H groups in total. The fourth-order valence-electron chi connectivity index (χ4n) is 2.52. The van der Waals surface area contributed by atoms with E-state index in [0.29, 0.717) is 5.75 Å². The van der Waals surface area contributed by atoms with Crippen LogP contribution in [-0.4, -0.2) is 17.1 Å². The Morgan fingerprint density at radius 1 is 1.05 bits per heavy atom. The van der Waals surface area contributed by atoms with Gasteiger partial charge in [-0.15, -0.1) is 0 Å². The Kier molecular flexibility index (Phi) is 3.77. The lowest BCUT2D eigenvalue weighted by molar-refractivity contribution is 0.402. The fourth-order valence-corrected chi connectivity index (χ4v) is 2.52. The molecular formula is C16H16N4O. The Balaban J connectivity index is 2.19. The number of nitrogens with one attached hydrogen (secondary N) is 1. The van der Waals surface area contributed by atoms with E-state index < -0.39 is 0 Å². The number of fused-ring (bicyclic) bond motifs is 1. The molecule has 1 aromatic carbocycles. The van der Waals surface area contributed by atoms with Gasteiger partial charge in [-0.25, -0.2) is 5.43 Å². The van der Waals surface area contributed by atoms with Crippen molar-refractivity contribution in [3.8, 4) is 5.75 Å². The van der Waals surface area contributed by atoms with Gasteiger partial charge < -0.3 is 4.74 Å². The van der Waals surface area contributed by atoms with Gasteiger partial charge in [0.15, 0.2) is 0 Å². The van der Waals surface area contributed by atoms with Crippen LogP contribution in [0.25, 0.3) is 10.8 Å². The molecule has 3 aromatic rings. The second kappa shape index (κ2) is 5.87. The van der Waals surface area contributed by atoms with Crippen molar-refractivity contribution in [1.29, 1.82) is 0 Å². The number of hydrogen-bond acceptors (Lipinski definition) is 5. The van der Waals surface area contributed by atoms with Crippen molar-refractivity contribution < 1.29 is 4.74 Å². The van der Waals surface area contributed by atoms with E-state index in [0.717, 1.165) is 21.9 Å². The van der Waals surface area contributed by atoms with E-state index in [1.165, 1.54) is 0 Å². The Bertz CT molecular complexity index is 755. The monoisotopic (exact) mass is 280 g/mol. The number of methoxy groups -OCH3 is 1. The van der Waals surface area contributed by atoms with Crippen molar-refractivity contribution in [3.63, 3.8) is 0 Å². The summed E-state index contributed by atoms with van der Waals surface area (Å²) in [6.45, 7) is 0. The molecule has 2 heterocycles. The van der Waals surface area contributed by atoms with Crippen LogP contribution in [0.1, 0.15) is 17.2 Å². The van der Waals surface area contributed by atoms with E-state index in [9.17, 15) is 0 Å². The molecule has 3 rings (SSSR count). The average molecular weight is 280 g/mol. The molecule has 106 valence electrons. The Labute approximate surface area is 122 Å². The van der Waals surface area contributed by atoms with Crippen molar-refractivity contribution in [2.75, 3.05) is 7.11 Å². The molecule has 0 saturated carbocycles. The van der Waals surface area contributed by atoms with Gasteiger partial charge in [0.2, 0.25) is 0 Å². The summed E-state index contributed by atoms with van der Waals surface area (Å²) < 4.78 is 5.38. The maximum Gasteiger partial charge on any atom is 0.142 e. The lowest BCUT2D eigenvalue weighted by Gasteiger charge is -2.20. The first-order valence-corrected chi connectivity index (χ1v) is 6.62. The van der Waals surface area contributed by atoms with E-state index in [1.807, 2.05) is 36.7 Å². The third-order valence-electron chi connectivity index (χ3n) is 3.52. The van der Waals surface area contributed by atoms with E-state index in [4.69, 9.17) is 10.6 Å². The van der Waals surface area contributed by atoms with Crippen LogP contribution < -0.4 is 16.0 Å². The molecule has 5 heteroatoms. The minimum absolute atomic E-state index is 0.221. The highest BCUT2D eigenvalue weighted by molar-refractivity contribution is 5.85. The van der Waals surface area contributed by atoms with E-state index in [2.05, 4.69) is 21.5 Å². The van der Waals surface area contributed by atoms with Gasteiger partial charge in [0.05, 0.1) is 19.3 Å². The van der Waals surface area contributed by atoms with E-state index >= 15 is 0 Å². The van der Waals surface area contributed by atoms with E-state index in [-0.39, 0.29) is 6.04 Å². The van der Waals surface area contributed by atoms with Crippen LogP contribution in [-0.2, 0) is 0 Å². The summed E-state index contributed by atoms with van der Waals surface area (Å²) in [5, 5.41) is 2.18. The quantitative estimate of drug-likeness (QED) is 0.566. The third kappa shape index (κ3) is 2.44. The number of ether oxygens (including phenoxy) is 1. The van der Waals surface area contributed by atoms with Gasteiger partial charge in [0, 0.05) is 35.1 Å². The molecule has 21 heavy (non-hydrogen) atoms. The first-order chi connectivity index (χ1) is 10.3. The molecule has 0 radical (unpaired) electrons. The highest BCUT2D eigenvalue weighted by Gasteiger charge is 2.19. The van der Waals surface area contributed by atoms with Gasteiger partial charge in [0.1, 0.15) is 5.75 Å². The summed E-state index contributed by atoms with van der Waals surface area (Å²) in [6, 6.07) is 9.76. The number of rotatable bonds is 4. The molecule has 0 saturated heterocycles. The summed E-state index contributed by atoms with van der Waals surface area (Å²) in [7, 11) is 1.62. The third-order valence-corrected chi connectivity index (χ3v) is 3.52. The maximum absolute atomic E-state index is 5.80. The van der Waals surface area contributed by atoms with Gasteiger partial charge in [0.25, 0.3) is 0 Å². The molecule has 1 unspecified atom stereocenters. The van der Waals surface area contributed by atoms with Crippen LogP contribution >= 0.6 is 0 Å². The SMILES string of the molecule is COc1cnccc1C(NN)c1cncc2ccccc12. The first-order valence-electron chi connectivity index (χ1n) is 6.62. The molecule has 0 fully saturated rings. The molecular weight excluding hydrogens is 264 g/mol. The number of nitrogens with zero attached hydrogens (tertiary/aromatic N) is 2. The van der Waals surface area contributed by atoms with Crippen molar-refractivity contribution >= 4 is 10.8 Å². The van der Waals surface area contributed by atoms with Gasteiger partial charge in [-0.3, -0.25) is 15.8 Å². The molecule has 5 nitrogen and oxygen atoms in total. The van der Waals surface area contributed by atoms with Crippen LogP contribution in [0.3, 0.4) is 0 Å². The van der Waals surface area contributed by atoms with Gasteiger partial charge in [-0.05, 0) is 11.5 Å². The van der Waals surface area contributed by atoms with Crippen molar-refractivity contribution in [1.82, 2.24) is 15.4 Å². The zero-order valence-corrected chi connectivity index (χ0v) is 11.7. The highest BCUT2D eigenvalue weighted by atomic mass is 16.5. The summed E-state index contributed by atoms with van der Waals surface area (Å²) >= 11 is 0. The minimum atomic E-state index is -0.221. The van der Waals surface area contributed by atoms with E-state index in [1.54, 1.807) is 19.5 Å². The summed E-state index contributed by atoms with van der Waals surface area (Å²) in [5.74, 6) is 6.49. The zero-order valence-electron chi connectivity index (χ0n) is 11.7. The van der Waals surface area contributed by atoms with Crippen LogP contribution in [0, 0.1) is 0 Å². The van der Waals surface area contributed by atoms with Crippen molar-refractivity contribution in [2.24, 2.45) is 5.84 Å². The number of nitrogens with two attached hydrogens (primary N) is 1. The Hall–Kier alpha value is -2.50. The number of hydrazine groups is 1.